The zero-order valence-corrected chi connectivity index (χ0v) is 10.1. The van der Waals surface area contributed by atoms with Crippen molar-refractivity contribution < 1.29 is 21.5 Å². The minimum Gasteiger partial charge on any atom is -1.00 e. The van der Waals surface area contributed by atoms with E-state index in [9.17, 15) is 0 Å². The fourth-order valence-electron chi connectivity index (χ4n) is 0.972. The van der Waals surface area contributed by atoms with Crippen molar-refractivity contribution in [1.82, 2.24) is 0 Å². The molecule has 1 heterocycles. The maximum atomic E-state index is 3.41. The zero-order chi connectivity index (χ0) is 7.94. The Labute approximate surface area is 92.7 Å². The molecule has 68 valence electrons. The molecule has 0 amide bonds. The van der Waals surface area contributed by atoms with Crippen LogP contribution in [0.2, 0.25) is 0 Å². The second-order valence-corrected chi connectivity index (χ2v) is 3.30. The Balaban J connectivity index is 0.00000121. The summed E-state index contributed by atoms with van der Waals surface area (Å²) in [6.45, 7) is 1.13. The molecule has 1 aromatic heterocycles. The first-order chi connectivity index (χ1) is 5.43. The number of aryl methyl sites for hydroxylation is 1. The Morgan fingerprint density at radius 2 is 1.67 bits per heavy atom. The van der Waals surface area contributed by atoms with E-state index >= 15 is 0 Å². The van der Waals surface area contributed by atoms with E-state index in [0.29, 0.717) is 0 Å². The number of unbranched alkanes of at least 4 members (excludes halogenated alkanes) is 1. The molecule has 1 aromatic rings. The number of hydrogen-bond acceptors (Lipinski definition) is 0. The molecule has 0 saturated heterocycles. The minimum atomic E-state index is 0. The lowest BCUT2D eigenvalue weighted by Crippen LogP contribution is -3.00. The number of hydrogen-bond donors (Lipinski definition) is 0. The SMILES string of the molecule is BrCCCC[n+]1ccccc1.[Br-]. The average molecular weight is 295 g/mol. The van der Waals surface area contributed by atoms with Crippen molar-refractivity contribution in [1.29, 1.82) is 0 Å². The molecule has 0 radical (unpaired) electrons. The molecule has 0 atom stereocenters. The normalized spacial score (nSPS) is 9.08. The summed E-state index contributed by atoms with van der Waals surface area (Å²) >= 11 is 3.41. The first kappa shape index (κ1) is 12.1. The highest BCUT2D eigenvalue weighted by molar-refractivity contribution is 9.09. The van der Waals surface area contributed by atoms with Crippen LogP contribution in [-0.2, 0) is 6.54 Å². The third-order valence-electron chi connectivity index (χ3n) is 1.58. The van der Waals surface area contributed by atoms with Crippen LogP contribution in [0.5, 0.6) is 0 Å². The summed E-state index contributed by atoms with van der Waals surface area (Å²) in [6.07, 6.45) is 6.71. The van der Waals surface area contributed by atoms with Crippen LogP contribution < -0.4 is 21.5 Å². The summed E-state index contributed by atoms with van der Waals surface area (Å²) in [7, 11) is 0. The van der Waals surface area contributed by atoms with Crippen LogP contribution in [0, 0.1) is 0 Å². The van der Waals surface area contributed by atoms with Gasteiger partial charge in [-0.05, 0) is 6.42 Å². The first-order valence-corrected chi connectivity index (χ1v) is 5.05. The highest BCUT2D eigenvalue weighted by atomic mass is 79.9. The standard InChI is InChI=1S/C9H13BrN.BrH/c10-6-2-5-9-11-7-3-1-4-8-11;/h1,3-4,7-8H,2,5-6,9H2;1H/q+1;/p-1. The second kappa shape index (κ2) is 7.74. The molecule has 12 heavy (non-hydrogen) atoms. The minimum absolute atomic E-state index is 0. The van der Waals surface area contributed by atoms with Crippen LogP contribution in [0.4, 0.5) is 0 Å². The Bertz CT molecular complexity index is 189. The lowest BCUT2D eigenvalue weighted by Gasteiger charge is -1.93. The Kier molecular flexibility index (Phi) is 7.81. The molecule has 1 rings (SSSR count). The Morgan fingerprint density at radius 3 is 2.25 bits per heavy atom. The third kappa shape index (κ3) is 4.88. The molecular formula is C9H13Br2N. The summed E-state index contributed by atoms with van der Waals surface area (Å²) in [4.78, 5) is 0. The van der Waals surface area contributed by atoms with Gasteiger partial charge in [0, 0.05) is 23.9 Å². The predicted molar refractivity (Wildman–Crippen MR) is 49.7 cm³/mol. The van der Waals surface area contributed by atoms with E-state index in [4.69, 9.17) is 0 Å². The van der Waals surface area contributed by atoms with Gasteiger partial charge in [-0.1, -0.05) is 22.0 Å². The smallest absolute Gasteiger partial charge is 0.168 e. The van der Waals surface area contributed by atoms with Gasteiger partial charge >= 0.3 is 0 Å². The van der Waals surface area contributed by atoms with E-state index in [1.54, 1.807) is 0 Å². The van der Waals surface area contributed by atoms with Gasteiger partial charge in [-0.2, -0.15) is 0 Å². The van der Waals surface area contributed by atoms with E-state index in [-0.39, 0.29) is 17.0 Å². The van der Waals surface area contributed by atoms with E-state index in [1.165, 1.54) is 12.8 Å². The zero-order valence-electron chi connectivity index (χ0n) is 6.92. The molecular weight excluding hydrogens is 282 g/mol. The largest absolute Gasteiger partial charge is 1.00 e. The molecule has 0 aliphatic heterocycles. The molecule has 0 unspecified atom stereocenters. The Morgan fingerprint density at radius 1 is 1.00 bits per heavy atom. The van der Waals surface area contributed by atoms with E-state index in [1.807, 2.05) is 6.07 Å². The van der Waals surface area contributed by atoms with Crippen LogP contribution in [0.25, 0.3) is 0 Å². The lowest BCUT2D eigenvalue weighted by atomic mass is 10.3. The molecule has 0 fully saturated rings. The molecule has 1 nitrogen and oxygen atoms in total. The van der Waals surface area contributed by atoms with Crippen LogP contribution in [0.15, 0.2) is 30.6 Å². The number of pyridine rings is 1. The van der Waals surface area contributed by atoms with Crippen LogP contribution >= 0.6 is 15.9 Å². The van der Waals surface area contributed by atoms with E-state index < -0.39 is 0 Å². The maximum absolute atomic E-state index is 3.41. The van der Waals surface area contributed by atoms with Crippen LogP contribution in [-0.4, -0.2) is 5.33 Å². The highest BCUT2D eigenvalue weighted by Crippen LogP contribution is 1.92. The van der Waals surface area contributed by atoms with Gasteiger partial charge in [0.15, 0.2) is 12.4 Å². The number of rotatable bonds is 4. The molecule has 0 aliphatic rings. The second-order valence-electron chi connectivity index (χ2n) is 2.51. The number of nitrogens with zero attached hydrogens (tertiary/aromatic N) is 1. The molecule has 0 bridgehead atoms. The van der Waals surface area contributed by atoms with E-state index in [0.717, 1.165) is 11.9 Å². The monoisotopic (exact) mass is 293 g/mol. The van der Waals surface area contributed by atoms with Crippen molar-refractivity contribution in [3.05, 3.63) is 30.6 Å². The number of halogens is 2. The van der Waals surface area contributed by atoms with Crippen molar-refractivity contribution in [2.24, 2.45) is 0 Å². The topological polar surface area (TPSA) is 3.88 Å². The van der Waals surface area contributed by atoms with Gasteiger partial charge in [0.25, 0.3) is 0 Å². The fraction of sp³-hybridized carbons (Fsp3) is 0.444. The van der Waals surface area contributed by atoms with Crippen molar-refractivity contribution in [3.8, 4) is 0 Å². The Hall–Kier alpha value is 0.110. The summed E-state index contributed by atoms with van der Waals surface area (Å²) < 4.78 is 2.21. The fourth-order valence-corrected chi connectivity index (χ4v) is 1.37. The summed E-state index contributed by atoms with van der Waals surface area (Å²) in [5.74, 6) is 0. The van der Waals surface area contributed by atoms with Crippen molar-refractivity contribution in [2.45, 2.75) is 19.4 Å². The van der Waals surface area contributed by atoms with Gasteiger partial charge in [0.2, 0.25) is 0 Å². The quantitative estimate of drug-likeness (QED) is 0.387. The van der Waals surface area contributed by atoms with Gasteiger partial charge in [-0.25, -0.2) is 4.57 Å². The van der Waals surface area contributed by atoms with Crippen LogP contribution in [0.3, 0.4) is 0 Å². The summed E-state index contributed by atoms with van der Waals surface area (Å²) in [5.41, 5.74) is 0. The van der Waals surface area contributed by atoms with Gasteiger partial charge in [0.05, 0.1) is 0 Å². The van der Waals surface area contributed by atoms with Crippen molar-refractivity contribution >= 4 is 15.9 Å². The third-order valence-corrected chi connectivity index (χ3v) is 2.14. The van der Waals surface area contributed by atoms with Gasteiger partial charge in [-0.15, -0.1) is 0 Å². The molecule has 0 aromatic carbocycles. The van der Waals surface area contributed by atoms with E-state index in [2.05, 4.69) is 45.0 Å². The predicted octanol–water partition coefficient (Wildman–Crippen LogP) is -0.847. The molecule has 3 heteroatoms. The van der Waals surface area contributed by atoms with Crippen molar-refractivity contribution in [3.63, 3.8) is 0 Å². The molecule has 0 spiro atoms. The highest BCUT2D eigenvalue weighted by Gasteiger charge is 1.95. The number of aromatic nitrogens is 1. The molecule has 0 N–H and O–H groups in total. The van der Waals surface area contributed by atoms with Crippen LogP contribution in [0.1, 0.15) is 12.8 Å². The number of alkyl halides is 1. The summed E-state index contributed by atoms with van der Waals surface area (Å²) in [5, 5.41) is 1.11. The first-order valence-electron chi connectivity index (χ1n) is 3.93. The molecule has 0 aliphatic carbocycles. The van der Waals surface area contributed by atoms with Gasteiger partial charge in [-0.3, -0.25) is 0 Å². The lowest BCUT2D eigenvalue weighted by molar-refractivity contribution is -0.697. The molecule has 0 saturated carbocycles. The van der Waals surface area contributed by atoms with Gasteiger partial charge in [0.1, 0.15) is 6.54 Å². The summed E-state index contributed by atoms with van der Waals surface area (Å²) in [6, 6.07) is 6.17. The average Bonchev–Trinajstić information content (AvgIpc) is 2.07. The van der Waals surface area contributed by atoms with Gasteiger partial charge < -0.3 is 17.0 Å². The maximum Gasteiger partial charge on any atom is 0.168 e. The van der Waals surface area contributed by atoms with Crippen molar-refractivity contribution in [2.75, 3.05) is 5.33 Å².